The molecule has 0 aliphatic rings. The quantitative estimate of drug-likeness (QED) is 0.848. The number of thiocarbonyl (C=S) groups is 1. The highest BCUT2D eigenvalue weighted by Gasteiger charge is 2.12. The van der Waals surface area contributed by atoms with Gasteiger partial charge in [0.2, 0.25) is 0 Å². The van der Waals surface area contributed by atoms with E-state index in [1.54, 1.807) is 25.1 Å². The minimum atomic E-state index is -0.689. The van der Waals surface area contributed by atoms with Crippen molar-refractivity contribution in [2.75, 3.05) is 5.32 Å². The number of nitrogens with zero attached hydrogens (tertiary/aromatic N) is 1. The second kappa shape index (κ2) is 5.27. The third-order valence-corrected chi connectivity index (χ3v) is 2.75. The zero-order valence-corrected chi connectivity index (χ0v) is 10.9. The fourth-order valence-electron chi connectivity index (χ4n) is 1.54. The van der Waals surface area contributed by atoms with Gasteiger partial charge in [0.05, 0.1) is 5.69 Å². The number of pyridine rings is 1. The van der Waals surface area contributed by atoms with Crippen LogP contribution in [-0.2, 0) is 0 Å². The molecule has 0 aliphatic carbocycles. The second-order valence-electron chi connectivity index (χ2n) is 3.95. The zero-order valence-electron chi connectivity index (χ0n) is 10.1. The van der Waals surface area contributed by atoms with Gasteiger partial charge in [-0.05, 0) is 30.7 Å². The summed E-state index contributed by atoms with van der Waals surface area (Å²) in [6.45, 7) is 1.55. The number of benzene rings is 1. The predicted molar refractivity (Wildman–Crippen MR) is 74.5 cm³/mol. The van der Waals surface area contributed by atoms with Gasteiger partial charge in [-0.2, -0.15) is 0 Å². The van der Waals surface area contributed by atoms with Crippen molar-refractivity contribution < 1.29 is 8.78 Å². The van der Waals surface area contributed by atoms with Crippen molar-refractivity contribution in [2.45, 2.75) is 6.92 Å². The molecule has 0 saturated heterocycles. The van der Waals surface area contributed by atoms with Crippen LogP contribution >= 0.6 is 12.2 Å². The Bertz CT molecular complexity index is 644. The number of hydrogen-bond donors (Lipinski definition) is 2. The number of halogens is 2. The molecule has 2 aromatic rings. The molecule has 1 aromatic carbocycles. The first kappa shape index (κ1) is 13.4. The molecule has 2 rings (SSSR count). The highest BCUT2D eigenvalue weighted by Crippen LogP contribution is 2.24. The Morgan fingerprint density at radius 1 is 1.26 bits per heavy atom. The largest absolute Gasteiger partial charge is 0.388 e. The van der Waals surface area contributed by atoms with Gasteiger partial charge in [0.15, 0.2) is 5.82 Å². The maximum absolute atomic E-state index is 13.8. The summed E-state index contributed by atoms with van der Waals surface area (Å²) in [5.41, 5.74) is 5.93. The summed E-state index contributed by atoms with van der Waals surface area (Å²) < 4.78 is 27.4. The van der Waals surface area contributed by atoms with Crippen LogP contribution in [-0.4, -0.2) is 9.97 Å². The van der Waals surface area contributed by atoms with E-state index >= 15 is 0 Å². The van der Waals surface area contributed by atoms with Crippen LogP contribution in [0.4, 0.5) is 20.3 Å². The van der Waals surface area contributed by atoms with Gasteiger partial charge in [0.1, 0.15) is 22.3 Å². The molecule has 0 amide bonds. The maximum Gasteiger partial charge on any atom is 0.152 e. The van der Waals surface area contributed by atoms with Crippen molar-refractivity contribution in [1.82, 2.24) is 4.98 Å². The van der Waals surface area contributed by atoms with E-state index in [1.165, 1.54) is 12.1 Å². The lowest BCUT2D eigenvalue weighted by molar-refractivity contribution is 0.584. The Balaban J connectivity index is 2.39. The van der Waals surface area contributed by atoms with E-state index in [0.717, 1.165) is 0 Å². The van der Waals surface area contributed by atoms with Crippen molar-refractivity contribution in [3.05, 3.63) is 53.2 Å². The Kier molecular flexibility index (Phi) is 3.71. The van der Waals surface area contributed by atoms with Gasteiger partial charge < -0.3 is 11.1 Å². The Morgan fingerprint density at radius 2 is 2.00 bits per heavy atom. The summed E-state index contributed by atoms with van der Waals surface area (Å²) in [6.07, 6.45) is 0. The molecule has 1 aromatic heterocycles. The molecule has 0 atom stereocenters. The molecule has 3 N–H and O–H groups in total. The van der Waals surface area contributed by atoms with Crippen molar-refractivity contribution >= 4 is 28.7 Å². The average molecular weight is 279 g/mol. The van der Waals surface area contributed by atoms with Crippen molar-refractivity contribution in [2.24, 2.45) is 5.73 Å². The van der Waals surface area contributed by atoms with E-state index in [1.807, 2.05) is 0 Å². The zero-order chi connectivity index (χ0) is 14.0. The first-order valence-electron chi connectivity index (χ1n) is 5.47. The highest BCUT2D eigenvalue weighted by atomic mass is 32.1. The molecule has 98 valence electrons. The summed E-state index contributed by atoms with van der Waals surface area (Å²) in [5.74, 6) is -1.07. The van der Waals surface area contributed by atoms with Crippen molar-refractivity contribution in [3.63, 3.8) is 0 Å². The molecule has 0 fully saturated rings. The van der Waals surface area contributed by atoms with Gasteiger partial charge in [-0.15, -0.1) is 0 Å². The van der Waals surface area contributed by atoms with Crippen LogP contribution in [0.3, 0.4) is 0 Å². The van der Waals surface area contributed by atoms with Crippen molar-refractivity contribution in [1.29, 1.82) is 0 Å². The van der Waals surface area contributed by atoms with Gasteiger partial charge in [-0.3, -0.25) is 0 Å². The van der Waals surface area contributed by atoms with E-state index < -0.39 is 11.6 Å². The van der Waals surface area contributed by atoms with Crippen LogP contribution in [0.25, 0.3) is 0 Å². The molecule has 0 bridgehead atoms. The topological polar surface area (TPSA) is 50.9 Å². The second-order valence-corrected chi connectivity index (χ2v) is 4.39. The number of aromatic nitrogens is 1. The number of anilines is 2. The molecular weight excluding hydrogens is 268 g/mol. The molecule has 0 spiro atoms. The maximum atomic E-state index is 13.8. The van der Waals surface area contributed by atoms with Gasteiger partial charge in [0, 0.05) is 0 Å². The van der Waals surface area contributed by atoms with E-state index in [-0.39, 0.29) is 16.5 Å². The summed E-state index contributed by atoms with van der Waals surface area (Å²) in [6, 6.07) is 7.40. The Labute approximate surface area is 114 Å². The first-order valence-corrected chi connectivity index (χ1v) is 5.88. The number of nitrogens with two attached hydrogens (primary N) is 1. The molecule has 0 radical (unpaired) electrons. The smallest absolute Gasteiger partial charge is 0.152 e. The molecule has 0 saturated carbocycles. The average Bonchev–Trinajstić information content (AvgIpc) is 2.39. The van der Waals surface area contributed by atoms with Crippen LogP contribution in [0.2, 0.25) is 0 Å². The van der Waals surface area contributed by atoms with Gasteiger partial charge in [0.25, 0.3) is 0 Å². The Morgan fingerprint density at radius 3 is 2.68 bits per heavy atom. The van der Waals surface area contributed by atoms with Crippen LogP contribution in [0.15, 0.2) is 30.3 Å². The molecule has 0 unspecified atom stereocenters. The highest BCUT2D eigenvalue weighted by molar-refractivity contribution is 7.80. The Hall–Kier alpha value is -2.08. The van der Waals surface area contributed by atoms with E-state index in [4.69, 9.17) is 18.0 Å². The minimum absolute atomic E-state index is 0.119. The van der Waals surface area contributed by atoms with Gasteiger partial charge in [-0.1, -0.05) is 24.4 Å². The summed E-state index contributed by atoms with van der Waals surface area (Å²) in [7, 11) is 0. The monoisotopic (exact) mass is 279 g/mol. The molecule has 6 heteroatoms. The summed E-state index contributed by atoms with van der Waals surface area (Å²) in [5, 5.41) is 2.60. The molecule has 3 nitrogen and oxygen atoms in total. The summed E-state index contributed by atoms with van der Waals surface area (Å²) >= 11 is 4.80. The fraction of sp³-hybridized carbons (Fsp3) is 0.0769. The number of rotatable bonds is 3. The van der Waals surface area contributed by atoms with Crippen LogP contribution < -0.4 is 11.1 Å². The molecular formula is C13H11F2N3S. The third-order valence-electron chi connectivity index (χ3n) is 2.54. The number of nitrogens with one attached hydrogen (secondary N) is 1. The van der Waals surface area contributed by atoms with E-state index in [0.29, 0.717) is 11.3 Å². The number of hydrogen-bond acceptors (Lipinski definition) is 3. The first-order chi connectivity index (χ1) is 8.99. The van der Waals surface area contributed by atoms with Crippen LogP contribution in [0.5, 0.6) is 0 Å². The van der Waals surface area contributed by atoms with Gasteiger partial charge in [-0.25, -0.2) is 13.8 Å². The van der Waals surface area contributed by atoms with Crippen LogP contribution in [0.1, 0.15) is 11.3 Å². The molecule has 0 aliphatic heterocycles. The SMILES string of the molecule is Cc1ccc(F)c(Nc2cccc(C(N)=S)n2)c1F. The van der Waals surface area contributed by atoms with Gasteiger partial charge >= 0.3 is 0 Å². The van der Waals surface area contributed by atoms with Crippen molar-refractivity contribution in [3.8, 4) is 0 Å². The standard InChI is InChI=1S/C13H11F2N3S/c1-7-5-6-8(14)12(11(7)15)18-10-4-2-3-9(17-10)13(16)19/h2-6H,1H3,(H2,16,19)(H,17,18). The summed E-state index contributed by atoms with van der Waals surface area (Å²) in [4.78, 5) is 4.19. The predicted octanol–water partition coefficient (Wildman–Crippen LogP) is 3.05. The fourth-order valence-corrected chi connectivity index (χ4v) is 1.65. The number of aryl methyl sites for hydroxylation is 1. The van der Waals surface area contributed by atoms with E-state index in [9.17, 15) is 8.78 Å². The third kappa shape index (κ3) is 2.85. The van der Waals surface area contributed by atoms with E-state index in [2.05, 4.69) is 10.3 Å². The minimum Gasteiger partial charge on any atom is -0.388 e. The molecule has 19 heavy (non-hydrogen) atoms. The lowest BCUT2D eigenvalue weighted by atomic mass is 10.2. The lowest BCUT2D eigenvalue weighted by Crippen LogP contribution is -2.12. The lowest BCUT2D eigenvalue weighted by Gasteiger charge is -2.10. The molecule has 1 heterocycles. The normalized spacial score (nSPS) is 10.3. The van der Waals surface area contributed by atoms with Crippen LogP contribution in [0, 0.1) is 18.6 Å².